The average Bonchev–Trinajstić information content (AvgIpc) is 2.42. The van der Waals surface area contributed by atoms with E-state index in [-0.39, 0.29) is 17.1 Å². The Balaban J connectivity index is 2.25. The van der Waals surface area contributed by atoms with Gasteiger partial charge in [0, 0.05) is 11.6 Å². The molecule has 0 saturated carbocycles. The highest BCUT2D eigenvalue weighted by Crippen LogP contribution is 2.31. The van der Waals surface area contributed by atoms with Crippen LogP contribution >= 0.6 is 23.2 Å². The minimum absolute atomic E-state index is 0.0179. The summed E-state index contributed by atoms with van der Waals surface area (Å²) in [5.74, 6) is -0.523. The maximum Gasteiger partial charge on any atom is 0.272 e. The van der Waals surface area contributed by atoms with Crippen LogP contribution in [0.15, 0.2) is 42.5 Å². The molecule has 0 N–H and O–H groups in total. The number of para-hydroxylation sites is 1. The van der Waals surface area contributed by atoms with Gasteiger partial charge in [0.1, 0.15) is 5.82 Å². The Morgan fingerprint density at radius 2 is 1.95 bits per heavy atom. The van der Waals surface area contributed by atoms with E-state index in [1.165, 1.54) is 24.3 Å². The first-order valence-corrected chi connectivity index (χ1v) is 6.62. The van der Waals surface area contributed by atoms with Crippen molar-refractivity contribution in [1.82, 2.24) is 0 Å². The van der Waals surface area contributed by atoms with Crippen molar-refractivity contribution in [2.75, 3.05) is 0 Å². The monoisotopic (exact) mass is 313 g/mol. The average molecular weight is 314 g/mol. The lowest BCUT2D eigenvalue weighted by molar-refractivity contribution is -0.385. The SMILES string of the molecule is O=[N+]([O-])c1ccccc1CC(Cl)c1ccc(F)c(Cl)c1. The summed E-state index contributed by atoms with van der Waals surface area (Å²) in [5, 5.41) is 10.4. The minimum Gasteiger partial charge on any atom is -0.258 e. The molecule has 2 rings (SSSR count). The Hall–Kier alpha value is -1.65. The number of alkyl halides is 1. The molecule has 1 atom stereocenters. The Labute approximate surface area is 125 Å². The van der Waals surface area contributed by atoms with Crippen molar-refractivity contribution in [2.24, 2.45) is 0 Å². The van der Waals surface area contributed by atoms with Crippen LogP contribution in [0.5, 0.6) is 0 Å². The van der Waals surface area contributed by atoms with Crippen LogP contribution in [-0.2, 0) is 6.42 Å². The van der Waals surface area contributed by atoms with Gasteiger partial charge >= 0.3 is 0 Å². The number of benzene rings is 2. The predicted octanol–water partition coefficient (Wildman–Crippen LogP) is 4.91. The quantitative estimate of drug-likeness (QED) is 0.457. The lowest BCUT2D eigenvalue weighted by Gasteiger charge is -2.11. The van der Waals surface area contributed by atoms with Crippen LogP contribution in [0.3, 0.4) is 0 Å². The third kappa shape index (κ3) is 3.26. The zero-order valence-electron chi connectivity index (χ0n) is 10.2. The van der Waals surface area contributed by atoms with Crippen LogP contribution in [0.4, 0.5) is 10.1 Å². The second-order valence-corrected chi connectivity index (χ2v) is 5.17. The van der Waals surface area contributed by atoms with Crippen LogP contribution in [0.2, 0.25) is 5.02 Å². The Kier molecular flexibility index (Phi) is 4.57. The molecule has 6 heteroatoms. The van der Waals surface area contributed by atoms with E-state index >= 15 is 0 Å². The lowest BCUT2D eigenvalue weighted by atomic mass is 10.0. The normalized spacial score (nSPS) is 12.2. The summed E-state index contributed by atoms with van der Waals surface area (Å²) in [6.07, 6.45) is 0.265. The Morgan fingerprint density at radius 1 is 1.25 bits per heavy atom. The third-order valence-corrected chi connectivity index (χ3v) is 3.59. The van der Waals surface area contributed by atoms with Gasteiger partial charge in [0.25, 0.3) is 5.69 Å². The molecule has 104 valence electrons. The Morgan fingerprint density at radius 3 is 2.60 bits per heavy atom. The molecule has 0 aliphatic rings. The maximum atomic E-state index is 13.1. The molecule has 2 aromatic carbocycles. The van der Waals surface area contributed by atoms with Gasteiger partial charge in [-0.3, -0.25) is 10.1 Å². The molecule has 0 aromatic heterocycles. The largest absolute Gasteiger partial charge is 0.272 e. The van der Waals surface area contributed by atoms with Crippen molar-refractivity contribution in [3.8, 4) is 0 Å². The van der Waals surface area contributed by atoms with Gasteiger partial charge in [0.05, 0.1) is 15.3 Å². The van der Waals surface area contributed by atoms with Crippen LogP contribution in [0, 0.1) is 15.9 Å². The van der Waals surface area contributed by atoms with Gasteiger partial charge < -0.3 is 0 Å². The number of halogens is 3. The molecular formula is C14H10Cl2FNO2. The van der Waals surface area contributed by atoms with Crippen LogP contribution in [0.25, 0.3) is 0 Å². The topological polar surface area (TPSA) is 43.1 Å². The standard InChI is InChI=1S/C14H10Cl2FNO2/c15-11(9-5-6-13(17)12(16)7-9)8-10-3-1-2-4-14(10)18(19)20/h1-7,11H,8H2. The smallest absolute Gasteiger partial charge is 0.258 e. The molecule has 0 saturated heterocycles. The van der Waals surface area contributed by atoms with Crippen molar-refractivity contribution in [2.45, 2.75) is 11.8 Å². The fourth-order valence-corrected chi connectivity index (χ4v) is 2.37. The van der Waals surface area contributed by atoms with Crippen molar-refractivity contribution in [3.05, 3.63) is 74.5 Å². The molecule has 1 unspecified atom stereocenters. The fraction of sp³-hybridized carbons (Fsp3) is 0.143. The predicted molar refractivity (Wildman–Crippen MR) is 76.8 cm³/mol. The molecule has 20 heavy (non-hydrogen) atoms. The summed E-state index contributed by atoms with van der Waals surface area (Å²) in [5.41, 5.74) is 1.17. The van der Waals surface area contributed by atoms with E-state index in [0.29, 0.717) is 11.1 Å². The summed E-state index contributed by atoms with van der Waals surface area (Å²) >= 11 is 11.9. The first-order chi connectivity index (χ1) is 9.49. The molecule has 0 bridgehead atoms. The molecular weight excluding hydrogens is 304 g/mol. The lowest BCUT2D eigenvalue weighted by Crippen LogP contribution is -2.00. The van der Waals surface area contributed by atoms with E-state index in [2.05, 4.69) is 0 Å². The molecule has 0 aliphatic heterocycles. The van der Waals surface area contributed by atoms with Gasteiger partial charge in [-0.25, -0.2) is 4.39 Å². The van der Waals surface area contributed by atoms with Crippen LogP contribution in [-0.4, -0.2) is 4.92 Å². The number of nitrogens with zero attached hydrogens (tertiary/aromatic N) is 1. The van der Waals surface area contributed by atoms with Gasteiger partial charge in [0.15, 0.2) is 0 Å². The van der Waals surface area contributed by atoms with E-state index in [9.17, 15) is 14.5 Å². The van der Waals surface area contributed by atoms with Crippen molar-refractivity contribution in [3.63, 3.8) is 0 Å². The third-order valence-electron chi connectivity index (χ3n) is 2.89. The van der Waals surface area contributed by atoms with Crippen molar-refractivity contribution in [1.29, 1.82) is 0 Å². The number of rotatable bonds is 4. The molecule has 2 aromatic rings. The summed E-state index contributed by atoms with van der Waals surface area (Å²) < 4.78 is 13.1. The van der Waals surface area contributed by atoms with E-state index in [1.54, 1.807) is 18.2 Å². The summed E-state index contributed by atoms with van der Waals surface area (Å²) in [7, 11) is 0. The zero-order valence-corrected chi connectivity index (χ0v) is 11.7. The molecule has 0 aliphatic carbocycles. The molecule has 0 fully saturated rings. The Bertz CT molecular complexity index is 649. The summed E-state index contributed by atoms with van der Waals surface area (Å²) in [4.78, 5) is 10.5. The molecule has 0 amide bonds. The first-order valence-electron chi connectivity index (χ1n) is 5.80. The van der Waals surface area contributed by atoms with Gasteiger partial charge in [-0.2, -0.15) is 0 Å². The number of nitro benzene ring substituents is 1. The molecule has 0 heterocycles. The van der Waals surface area contributed by atoms with Crippen LogP contribution < -0.4 is 0 Å². The minimum atomic E-state index is -0.523. The highest BCUT2D eigenvalue weighted by atomic mass is 35.5. The maximum absolute atomic E-state index is 13.1. The highest BCUT2D eigenvalue weighted by molar-refractivity contribution is 6.31. The fourth-order valence-electron chi connectivity index (χ4n) is 1.88. The van der Waals surface area contributed by atoms with E-state index in [1.807, 2.05) is 0 Å². The number of hydrogen-bond acceptors (Lipinski definition) is 2. The van der Waals surface area contributed by atoms with Gasteiger partial charge in [0.2, 0.25) is 0 Å². The summed E-state index contributed by atoms with van der Waals surface area (Å²) in [6, 6.07) is 10.6. The number of nitro groups is 1. The van der Waals surface area contributed by atoms with Gasteiger partial charge in [-0.05, 0) is 24.1 Å². The van der Waals surface area contributed by atoms with Crippen LogP contribution in [0.1, 0.15) is 16.5 Å². The van der Waals surface area contributed by atoms with E-state index in [4.69, 9.17) is 23.2 Å². The van der Waals surface area contributed by atoms with E-state index < -0.39 is 16.1 Å². The van der Waals surface area contributed by atoms with Crippen molar-refractivity contribution < 1.29 is 9.31 Å². The molecule has 0 radical (unpaired) electrons. The second kappa shape index (κ2) is 6.20. The zero-order chi connectivity index (χ0) is 14.7. The van der Waals surface area contributed by atoms with E-state index in [0.717, 1.165) is 0 Å². The van der Waals surface area contributed by atoms with Crippen molar-refractivity contribution >= 4 is 28.9 Å². The molecule has 3 nitrogen and oxygen atoms in total. The second-order valence-electron chi connectivity index (χ2n) is 4.23. The molecule has 0 spiro atoms. The number of hydrogen-bond donors (Lipinski definition) is 0. The summed E-state index contributed by atoms with van der Waals surface area (Å²) in [6.45, 7) is 0. The highest BCUT2D eigenvalue weighted by Gasteiger charge is 2.18. The van der Waals surface area contributed by atoms with Gasteiger partial charge in [-0.15, -0.1) is 11.6 Å². The first kappa shape index (κ1) is 14.8. The van der Waals surface area contributed by atoms with Gasteiger partial charge in [-0.1, -0.05) is 35.9 Å².